The van der Waals surface area contributed by atoms with Crippen LogP contribution in [0.25, 0.3) is 86.2 Å². The molecule has 2 bridgehead atoms. The Balaban J connectivity index is 1.30. The Kier molecular flexibility index (Phi) is 2.61. The predicted octanol–water partition coefficient (Wildman–Crippen LogP) is 11.2. The van der Waals surface area contributed by atoms with Gasteiger partial charge in [-0.05, 0) is 149 Å². The Hall–Kier alpha value is -5.20. The first-order valence-electron chi connectivity index (χ1n) is 17.2. The normalized spacial score (nSPS) is 24.7. The maximum absolute atomic E-state index is 2.65. The lowest BCUT2D eigenvalue weighted by Crippen LogP contribution is -2.51. The van der Waals surface area contributed by atoms with E-state index in [4.69, 9.17) is 0 Å². The number of hydrogen-bond donors (Lipinski definition) is 0. The molecule has 0 heterocycles. The molecule has 1 spiro atoms. The molecule has 0 N–H and O–H groups in total. The van der Waals surface area contributed by atoms with Crippen LogP contribution in [0, 0.1) is 0 Å². The van der Waals surface area contributed by atoms with E-state index in [-0.39, 0.29) is 5.41 Å². The highest BCUT2D eigenvalue weighted by atomic mass is 14.7. The molecule has 0 saturated heterocycles. The third kappa shape index (κ3) is 1.61. The summed E-state index contributed by atoms with van der Waals surface area (Å²) in [5, 5.41) is 25.1. The van der Waals surface area contributed by atoms with Crippen molar-refractivity contribution in [1.82, 2.24) is 0 Å². The fraction of sp³-hybridized carbons (Fsp3) is 0.130. The molecule has 0 aliphatic heterocycles. The summed E-state index contributed by atoms with van der Waals surface area (Å²) < 4.78 is 0. The third-order valence-corrected chi connectivity index (χ3v) is 14.6. The van der Waals surface area contributed by atoms with Gasteiger partial charge in [-0.3, -0.25) is 0 Å². The molecular weight excluding hydrogens is 553 g/mol. The summed E-state index contributed by atoms with van der Waals surface area (Å²) in [5.74, 6) is 1.16. The molecule has 11 aromatic rings. The lowest BCUT2D eigenvalue weighted by Gasteiger charge is -2.59. The molecular formula is C46H22. The lowest BCUT2D eigenvalue weighted by molar-refractivity contribution is 0.247. The van der Waals surface area contributed by atoms with Crippen LogP contribution >= 0.6 is 0 Å². The first kappa shape index (κ1) is 20.8. The van der Waals surface area contributed by atoms with Gasteiger partial charge in [0, 0.05) is 23.2 Å². The minimum atomic E-state index is 0.0165. The van der Waals surface area contributed by atoms with Crippen molar-refractivity contribution in [1.29, 1.82) is 0 Å². The molecule has 206 valence electrons. The van der Waals surface area contributed by atoms with E-state index in [2.05, 4.69) is 91.0 Å². The first-order valence-corrected chi connectivity index (χ1v) is 17.2. The summed E-state index contributed by atoms with van der Waals surface area (Å²) >= 11 is 0. The van der Waals surface area contributed by atoms with Gasteiger partial charge < -0.3 is 0 Å². The second-order valence-corrected chi connectivity index (χ2v) is 15.8. The van der Waals surface area contributed by atoms with Crippen LogP contribution in [0.1, 0.15) is 67.8 Å². The molecule has 2 atom stereocenters. The topological polar surface area (TPSA) is 0 Å². The van der Waals surface area contributed by atoms with Crippen LogP contribution in [-0.2, 0) is 18.3 Å². The Morgan fingerprint density at radius 1 is 0.413 bits per heavy atom. The maximum atomic E-state index is 2.65. The van der Waals surface area contributed by atoms with Gasteiger partial charge in [-0.15, -0.1) is 0 Å². The van der Waals surface area contributed by atoms with E-state index >= 15 is 0 Å². The van der Waals surface area contributed by atoms with Crippen LogP contribution < -0.4 is 0 Å². The molecule has 0 fully saturated rings. The molecule has 2 unspecified atom stereocenters. The molecule has 0 heteroatoms. The molecule has 6 aliphatic carbocycles. The van der Waals surface area contributed by atoms with Gasteiger partial charge in [-0.25, -0.2) is 0 Å². The molecule has 46 heavy (non-hydrogen) atoms. The van der Waals surface area contributed by atoms with Crippen LogP contribution in [0.3, 0.4) is 0 Å². The summed E-state index contributed by atoms with van der Waals surface area (Å²) in [7, 11) is 0. The van der Waals surface area contributed by atoms with Crippen molar-refractivity contribution < 1.29 is 0 Å². The number of benzene rings is 9. The predicted molar refractivity (Wildman–Crippen MR) is 190 cm³/mol. The Bertz CT molecular complexity index is 3270. The van der Waals surface area contributed by atoms with Gasteiger partial charge in [-0.2, -0.15) is 0 Å². The Labute approximate surface area is 262 Å². The van der Waals surface area contributed by atoms with Gasteiger partial charge in [0.2, 0.25) is 0 Å². The van der Waals surface area contributed by atoms with E-state index < -0.39 is 0 Å². The van der Waals surface area contributed by atoms with E-state index in [9.17, 15) is 0 Å². The fourth-order valence-corrected chi connectivity index (χ4v) is 13.8. The fourth-order valence-electron chi connectivity index (χ4n) is 13.8. The summed E-state index contributed by atoms with van der Waals surface area (Å²) in [5.41, 5.74) is 14.4. The van der Waals surface area contributed by atoms with Crippen LogP contribution in [0.2, 0.25) is 0 Å². The summed E-state index contributed by atoms with van der Waals surface area (Å²) in [6, 6.07) is 37.0. The van der Waals surface area contributed by atoms with E-state index in [0.717, 1.165) is 12.8 Å². The van der Waals surface area contributed by atoms with Crippen molar-refractivity contribution >= 4 is 86.2 Å². The largest absolute Gasteiger partial charge is 0.0620 e. The highest BCUT2D eigenvalue weighted by Gasteiger charge is 2.64. The first-order chi connectivity index (χ1) is 22.8. The summed E-state index contributed by atoms with van der Waals surface area (Å²) in [6.07, 6.45) is 2.20. The van der Waals surface area contributed by atoms with Crippen molar-refractivity contribution in [2.75, 3.05) is 0 Å². The van der Waals surface area contributed by atoms with Gasteiger partial charge in [0.1, 0.15) is 0 Å². The van der Waals surface area contributed by atoms with E-state index in [1.165, 1.54) is 16.2 Å². The smallest absolute Gasteiger partial charge is 0.0202 e. The lowest BCUT2D eigenvalue weighted by atomic mass is 9.42. The second-order valence-electron chi connectivity index (χ2n) is 15.8. The average Bonchev–Trinajstić information content (AvgIpc) is 3.82. The average molecular weight is 575 g/mol. The van der Waals surface area contributed by atoms with E-state index in [1.54, 1.807) is 120 Å². The second kappa shape index (κ2) is 5.78. The van der Waals surface area contributed by atoms with Crippen LogP contribution in [-0.4, -0.2) is 0 Å². The highest BCUT2D eigenvalue weighted by molar-refractivity contribution is 6.57. The highest BCUT2D eigenvalue weighted by Crippen LogP contribution is 2.76. The van der Waals surface area contributed by atoms with Crippen molar-refractivity contribution in [3.8, 4) is 0 Å². The third-order valence-electron chi connectivity index (χ3n) is 14.6. The summed E-state index contributed by atoms with van der Waals surface area (Å²) in [4.78, 5) is 0. The zero-order chi connectivity index (χ0) is 28.7. The number of hydrogen-bond acceptors (Lipinski definition) is 0. The number of rotatable bonds is 0. The SMILES string of the molecule is c1ccc2c(c1)C1c3ccccc3C2C23Cc4cc5ccc6cc7c8c9c(cc%10ccc(c%11c%12c2c4c2c5c6c8c2c%12c9c%10%11)C13)C7. The molecule has 0 saturated carbocycles. The van der Waals surface area contributed by atoms with E-state index in [0.29, 0.717) is 17.8 Å². The molecule has 0 aromatic heterocycles. The minimum Gasteiger partial charge on any atom is -0.0620 e. The molecule has 11 aromatic carbocycles. The van der Waals surface area contributed by atoms with Crippen LogP contribution in [0.5, 0.6) is 0 Å². The van der Waals surface area contributed by atoms with Crippen molar-refractivity contribution in [3.05, 3.63) is 141 Å². The molecule has 6 aliphatic rings. The van der Waals surface area contributed by atoms with Crippen molar-refractivity contribution in [2.24, 2.45) is 0 Å². The van der Waals surface area contributed by atoms with Gasteiger partial charge in [0.25, 0.3) is 0 Å². The molecule has 0 nitrogen and oxygen atoms in total. The Morgan fingerprint density at radius 2 is 0.935 bits per heavy atom. The summed E-state index contributed by atoms with van der Waals surface area (Å²) in [6.45, 7) is 0. The molecule has 0 amide bonds. The quantitative estimate of drug-likeness (QED) is 0.158. The minimum absolute atomic E-state index is 0.0165. The zero-order valence-electron chi connectivity index (χ0n) is 24.8. The van der Waals surface area contributed by atoms with Crippen LogP contribution in [0.15, 0.2) is 91.0 Å². The van der Waals surface area contributed by atoms with Gasteiger partial charge in [0.05, 0.1) is 0 Å². The molecule has 0 radical (unpaired) electrons. The molecule has 17 rings (SSSR count). The van der Waals surface area contributed by atoms with Crippen LogP contribution in [0.4, 0.5) is 0 Å². The zero-order valence-corrected chi connectivity index (χ0v) is 24.8. The van der Waals surface area contributed by atoms with E-state index in [1.807, 2.05) is 0 Å². The maximum Gasteiger partial charge on any atom is 0.0202 e. The monoisotopic (exact) mass is 574 g/mol. The van der Waals surface area contributed by atoms with Gasteiger partial charge in [-0.1, -0.05) is 91.0 Å². The van der Waals surface area contributed by atoms with Crippen molar-refractivity contribution in [3.63, 3.8) is 0 Å². The van der Waals surface area contributed by atoms with Crippen molar-refractivity contribution in [2.45, 2.75) is 36.0 Å². The van der Waals surface area contributed by atoms with Gasteiger partial charge in [0.15, 0.2) is 0 Å². The standard InChI is InChI=1S/C46H22/c1-3-7-26-24(5-1)35-25-6-2-4-8-27(25)43(26)46-17-23-15-19-10-9-18-13-21-16-22-14-20-11-12-28(44(35)46)36-31(20)38-33(22)32(21)37-29(18)30(19)39-34(23)45(46)42(36)41(38)40(37)39/h1-15,35,43-44H,16-17H2. The van der Waals surface area contributed by atoms with Gasteiger partial charge >= 0.3 is 0 Å². The Morgan fingerprint density at radius 3 is 1.61 bits per heavy atom.